The van der Waals surface area contributed by atoms with Gasteiger partial charge < -0.3 is 9.52 Å². The summed E-state index contributed by atoms with van der Waals surface area (Å²) in [5, 5.41) is 19.1. The van der Waals surface area contributed by atoms with E-state index in [-0.39, 0.29) is 34.0 Å². The number of halogens is 3. The minimum Gasteiger partial charge on any atom is -0.423 e. The standard InChI is InChI=1S/C26H22ClF2N5O2/c1-25(2,35)22-23(27)36-24(32-22)18-11-30-12-19(31-18)26-8-6-13(7-9-26)14-10-17(33-34-21(14)26)20-15(28)4-3-5-16(20)29/h3-5,10-13,35H,6-9H2,1-2H3. The topological polar surface area (TPSA) is 97.8 Å². The van der Waals surface area contributed by atoms with Crippen LogP contribution in [0.5, 0.6) is 0 Å². The fourth-order valence-corrected chi connectivity index (χ4v) is 5.82. The van der Waals surface area contributed by atoms with Crippen molar-refractivity contribution in [1.82, 2.24) is 25.1 Å². The second-order valence-corrected chi connectivity index (χ2v) is 10.3. The number of aromatic nitrogens is 5. The Morgan fingerprint density at radius 3 is 2.44 bits per heavy atom. The fourth-order valence-electron chi connectivity index (χ4n) is 5.48. The van der Waals surface area contributed by atoms with Crippen molar-refractivity contribution < 1.29 is 18.3 Å². The van der Waals surface area contributed by atoms with E-state index in [1.165, 1.54) is 24.4 Å². The van der Waals surface area contributed by atoms with Gasteiger partial charge in [0.15, 0.2) is 0 Å². The van der Waals surface area contributed by atoms with E-state index in [4.69, 9.17) is 21.0 Å². The average molecular weight is 510 g/mol. The third-order valence-corrected chi connectivity index (χ3v) is 7.54. The van der Waals surface area contributed by atoms with Gasteiger partial charge in [-0.3, -0.25) is 4.98 Å². The lowest BCUT2D eigenvalue weighted by Gasteiger charge is -2.46. The lowest BCUT2D eigenvalue weighted by atomic mass is 9.58. The molecule has 1 saturated carbocycles. The summed E-state index contributed by atoms with van der Waals surface area (Å²) in [6.45, 7) is 3.14. The van der Waals surface area contributed by atoms with Crippen molar-refractivity contribution in [3.8, 4) is 22.8 Å². The summed E-state index contributed by atoms with van der Waals surface area (Å²) in [4.78, 5) is 13.6. The van der Waals surface area contributed by atoms with Crippen molar-refractivity contribution in [2.75, 3.05) is 0 Å². The first kappa shape index (κ1) is 23.1. The molecule has 1 N–H and O–H groups in total. The van der Waals surface area contributed by atoms with E-state index < -0.39 is 22.7 Å². The van der Waals surface area contributed by atoms with Gasteiger partial charge in [0.1, 0.15) is 28.6 Å². The van der Waals surface area contributed by atoms with Crippen LogP contribution in [0.2, 0.25) is 5.22 Å². The second kappa shape index (κ2) is 8.11. The number of benzene rings is 1. The number of nitrogens with zero attached hydrogens (tertiary/aromatic N) is 5. The molecular formula is C26H22ClF2N5O2. The molecule has 0 saturated heterocycles. The third kappa shape index (κ3) is 3.52. The number of hydrogen-bond acceptors (Lipinski definition) is 7. The molecule has 1 fully saturated rings. The van der Waals surface area contributed by atoms with Crippen molar-refractivity contribution in [2.24, 2.45) is 0 Å². The van der Waals surface area contributed by atoms with E-state index in [1.807, 2.05) is 0 Å². The maximum atomic E-state index is 14.4. The van der Waals surface area contributed by atoms with Crippen LogP contribution in [0.3, 0.4) is 0 Å². The predicted molar refractivity (Wildman–Crippen MR) is 127 cm³/mol. The Bertz CT molecular complexity index is 1470. The molecule has 0 spiro atoms. The number of rotatable bonds is 4. The summed E-state index contributed by atoms with van der Waals surface area (Å²) in [7, 11) is 0. The van der Waals surface area contributed by atoms with Gasteiger partial charge in [-0.15, -0.1) is 5.10 Å². The molecule has 0 atom stereocenters. The van der Waals surface area contributed by atoms with Gasteiger partial charge >= 0.3 is 0 Å². The minimum atomic E-state index is -1.28. The Morgan fingerprint density at radius 2 is 1.78 bits per heavy atom. The van der Waals surface area contributed by atoms with Crippen molar-refractivity contribution in [3.63, 3.8) is 0 Å². The van der Waals surface area contributed by atoms with Crippen LogP contribution in [0.1, 0.15) is 68.1 Å². The second-order valence-electron chi connectivity index (χ2n) is 9.98. The SMILES string of the molecule is CC(C)(O)c1nc(-c2cncc(C34CCC(CC3)c3cc(-c5c(F)cccc5F)nnc34)n2)oc1Cl. The third-order valence-electron chi connectivity index (χ3n) is 7.28. The van der Waals surface area contributed by atoms with Crippen molar-refractivity contribution >= 4 is 11.6 Å². The van der Waals surface area contributed by atoms with Crippen molar-refractivity contribution in [1.29, 1.82) is 0 Å². The lowest BCUT2D eigenvalue weighted by Crippen LogP contribution is -2.41. The van der Waals surface area contributed by atoms with E-state index in [2.05, 4.69) is 20.2 Å². The summed E-state index contributed by atoms with van der Waals surface area (Å²) in [5.41, 5.74) is 1.18. The van der Waals surface area contributed by atoms with Crippen LogP contribution >= 0.6 is 11.6 Å². The Labute approximate surface area is 210 Å². The maximum Gasteiger partial charge on any atom is 0.248 e. The average Bonchev–Trinajstić information content (AvgIpc) is 3.27. The van der Waals surface area contributed by atoms with Crippen LogP contribution in [0, 0.1) is 11.6 Å². The van der Waals surface area contributed by atoms with Crippen LogP contribution in [0.15, 0.2) is 41.1 Å². The van der Waals surface area contributed by atoms with Crippen molar-refractivity contribution in [3.05, 3.63) is 76.2 Å². The summed E-state index contributed by atoms with van der Waals surface area (Å²) in [5.74, 6) is -0.951. The molecule has 7 rings (SSSR count). The van der Waals surface area contributed by atoms with Crippen LogP contribution in [-0.4, -0.2) is 30.3 Å². The highest BCUT2D eigenvalue weighted by atomic mass is 35.5. The maximum absolute atomic E-state index is 14.4. The summed E-state index contributed by atoms with van der Waals surface area (Å²) < 4.78 is 34.5. The van der Waals surface area contributed by atoms with Gasteiger partial charge in [0.25, 0.3) is 0 Å². The molecule has 36 heavy (non-hydrogen) atoms. The normalized spacial score (nSPS) is 21.0. The fraction of sp³-hybridized carbons (Fsp3) is 0.346. The van der Waals surface area contributed by atoms with Crippen LogP contribution in [-0.2, 0) is 11.0 Å². The molecule has 10 heteroatoms. The van der Waals surface area contributed by atoms with E-state index in [0.717, 1.165) is 36.9 Å². The molecule has 2 bridgehead atoms. The van der Waals surface area contributed by atoms with E-state index >= 15 is 0 Å². The van der Waals surface area contributed by atoms with Gasteiger partial charge in [-0.2, -0.15) is 5.10 Å². The highest BCUT2D eigenvalue weighted by Crippen LogP contribution is 2.55. The lowest BCUT2D eigenvalue weighted by molar-refractivity contribution is 0.0739. The largest absolute Gasteiger partial charge is 0.423 e. The molecule has 3 aromatic heterocycles. The number of fused-ring (bicyclic) bond motifs is 2. The number of oxazole rings is 1. The molecule has 3 aliphatic carbocycles. The molecule has 3 aliphatic rings. The zero-order valence-corrected chi connectivity index (χ0v) is 20.4. The minimum absolute atomic E-state index is 0.00911. The first-order valence-electron chi connectivity index (χ1n) is 11.7. The monoisotopic (exact) mass is 509 g/mol. The molecule has 3 heterocycles. The van der Waals surface area contributed by atoms with Gasteiger partial charge in [0.2, 0.25) is 11.1 Å². The van der Waals surface area contributed by atoms with Gasteiger partial charge in [-0.25, -0.2) is 18.7 Å². The Hall–Kier alpha value is -3.30. The molecule has 0 amide bonds. The quantitative estimate of drug-likeness (QED) is 0.376. The first-order valence-corrected chi connectivity index (χ1v) is 12.1. The molecule has 7 nitrogen and oxygen atoms in total. The summed E-state index contributed by atoms with van der Waals surface area (Å²) in [6.07, 6.45) is 6.60. The van der Waals surface area contributed by atoms with E-state index in [9.17, 15) is 13.9 Å². The molecule has 0 aliphatic heterocycles. The van der Waals surface area contributed by atoms with Crippen molar-refractivity contribution in [2.45, 2.75) is 56.5 Å². The van der Waals surface area contributed by atoms with Crippen LogP contribution in [0.4, 0.5) is 8.78 Å². The van der Waals surface area contributed by atoms with Gasteiger partial charge in [0.05, 0.1) is 34.3 Å². The van der Waals surface area contributed by atoms with E-state index in [1.54, 1.807) is 26.1 Å². The zero-order chi connectivity index (χ0) is 25.2. The Balaban J connectivity index is 1.45. The van der Waals surface area contributed by atoms with Gasteiger partial charge in [-0.1, -0.05) is 6.07 Å². The number of aliphatic hydroxyl groups is 1. The Kier molecular flexibility index (Phi) is 5.21. The van der Waals surface area contributed by atoms with Gasteiger partial charge in [0, 0.05) is 6.20 Å². The molecule has 184 valence electrons. The molecule has 0 unspecified atom stereocenters. The molecular weight excluding hydrogens is 488 g/mol. The predicted octanol–water partition coefficient (Wildman–Crippen LogP) is 5.70. The molecule has 1 aromatic carbocycles. The summed E-state index contributed by atoms with van der Waals surface area (Å²) in [6, 6.07) is 5.52. The number of hydrogen-bond donors (Lipinski definition) is 1. The smallest absolute Gasteiger partial charge is 0.248 e. The summed E-state index contributed by atoms with van der Waals surface area (Å²) >= 11 is 6.17. The first-order chi connectivity index (χ1) is 17.2. The zero-order valence-electron chi connectivity index (χ0n) is 19.6. The van der Waals surface area contributed by atoms with Gasteiger partial charge in [-0.05, 0) is 80.8 Å². The highest BCUT2D eigenvalue weighted by molar-refractivity contribution is 6.29. The van der Waals surface area contributed by atoms with E-state index in [0.29, 0.717) is 11.4 Å². The molecule has 4 aromatic rings. The van der Waals surface area contributed by atoms with Crippen LogP contribution < -0.4 is 0 Å². The van der Waals surface area contributed by atoms with Crippen LogP contribution in [0.25, 0.3) is 22.8 Å². The highest BCUT2D eigenvalue weighted by Gasteiger charge is 2.49. The Morgan fingerprint density at radius 1 is 1.06 bits per heavy atom. The molecule has 0 radical (unpaired) electrons.